The van der Waals surface area contributed by atoms with Crippen LogP contribution in [0.3, 0.4) is 0 Å². The van der Waals surface area contributed by atoms with Crippen LogP contribution in [0.1, 0.15) is 11.1 Å². The molecule has 0 bridgehead atoms. The Morgan fingerprint density at radius 1 is 1.00 bits per heavy atom. The summed E-state index contributed by atoms with van der Waals surface area (Å²) in [5.41, 5.74) is 1.97. The third-order valence-corrected chi connectivity index (χ3v) is 2.76. The Morgan fingerprint density at radius 3 is 2.25 bits per heavy atom. The zero-order chi connectivity index (χ0) is 14.4. The molecule has 0 aromatic heterocycles. The van der Waals surface area contributed by atoms with Crippen molar-refractivity contribution in [3.05, 3.63) is 71.8 Å². The largest absolute Gasteiger partial charge is 0.466 e. The first-order chi connectivity index (χ1) is 9.69. The van der Waals surface area contributed by atoms with Crippen molar-refractivity contribution in [2.75, 3.05) is 7.11 Å². The summed E-state index contributed by atoms with van der Waals surface area (Å²) in [6, 6.07) is 17.1. The molecule has 0 aliphatic rings. The highest BCUT2D eigenvalue weighted by Crippen LogP contribution is 2.21. The molecule has 3 heteroatoms. The Morgan fingerprint density at radius 2 is 1.65 bits per heavy atom. The van der Waals surface area contributed by atoms with Gasteiger partial charge in [-0.05, 0) is 19.1 Å². The van der Waals surface area contributed by atoms with Gasteiger partial charge in [-0.2, -0.15) is 0 Å². The van der Waals surface area contributed by atoms with Crippen LogP contribution in [0.2, 0.25) is 0 Å². The van der Waals surface area contributed by atoms with E-state index in [1.54, 1.807) is 0 Å². The number of carbonyl (C=O) groups excluding carboxylic acids is 1. The molecule has 2 aromatic carbocycles. The summed E-state index contributed by atoms with van der Waals surface area (Å²) in [6.07, 6.45) is 1.34. The van der Waals surface area contributed by atoms with Crippen LogP contribution in [0.15, 0.2) is 60.7 Å². The predicted molar refractivity (Wildman–Crippen MR) is 78.2 cm³/mol. The molecule has 0 aliphatic heterocycles. The summed E-state index contributed by atoms with van der Waals surface area (Å²) >= 11 is 0. The van der Waals surface area contributed by atoms with Crippen molar-refractivity contribution in [2.24, 2.45) is 0 Å². The van der Waals surface area contributed by atoms with Gasteiger partial charge in [0.1, 0.15) is 11.5 Å². The Balaban J connectivity index is 2.32. The van der Waals surface area contributed by atoms with Crippen LogP contribution in [-0.2, 0) is 9.53 Å². The van der Waals surface area contributed by atoms with E-state index in [4.69, 9.17) is 4.74 Å². The summed E-state index contributed by atoms with van der Waals surface area (Å²) in [6.45, 7) is 2.01. The van der Waals surface area contributed by atoms with Gasteiger partial charge >= 0.3 is 5.97 Å². The van der Waals surface area contributed by atoms with Crippen LogP contribution in [0.5, 0.6) is 5.75 Å². The lowest BCUT2D eigenvalue weighted by molar-refractivity contribution is -0.134. The van der Waals surface area contributed by atoms with E-state index in [9.17, 15) is 4.79 Å². The first-order valence-corrected chi connectivity index (χ1v) is 6.28. The van der Waals surface area contributed by atoms with Gasteiger partial charge in [0.05, 0.1) is 13.2 Å². The first-order valence-electron chi connectivity index (χ1n) is 6.28. The van der Waals surface area contributed by atoms with Crippen LogP contribution >= 0.6 is 0 Å². The SMILES string of the molecule is COC(=O)/C=C(\Oc1ccccc1)c1ccc(C)cc1. The van der Waals surface area contributed by atoms with E-state index in [2.05, 4.69) is 4.74 Å². The monoisotopic (exact) mass is 268 g/mol. The quantitative estimate of drug-likeness (QED) is 0.483. The maximum absolute atomic E-state index is 11.5. The number of rotatable bonds is 4. The van der Waals surface area contributed by atoms with Crippen molar-refractivity contribution in [3.8, 4) is 5.75 Å². The third kappa shape index (κ3) is 3.72. The van der Waals surface area contributed by atoms with Crippen LogP contribution in [0, 0.1) is 6.92 Å². The smallest absolute Gasteiger partial charge is 0.334 e. The van der Waals surface area contributed by atoms with Gasteiger partial charge in [0, 0.05) is 5.56 Å². The lowest BCUT2D eigenvalue weighted by Gasteiger charge is -2.10. The number of para-hydroxylation sites is 1. The second-order valence-electron chi connectivity index (χ2n) is 4.31. The van der Waals surface area contributed by atoms with Gasteiger partial charge < -0.3 is 9.47 Å². The molecular formula is C17H16O3. The highest BCUT2D eigenvalue weighted by molar-refractivity contribution is 5.90. The molecule has 2 aromatic rings. The number of benzene rings is 2. The molecule has 0 heterocycles. The second-order valence-corrected chi connectivity index (χ2v) is 4.31. The van der Waals surface area contributed by atoms with Gasteiger partial charge in [-0.1, -0.05) is 48.0 Å². The molecule has 0 aliphatic carbocycles. The van der Waals surface area contributed by atoms with Crippen molar-refractivity contribution >= 4 is 11.7 Å². The number of aryl methyl sites for hydroxylation is 1. The molecule has 0 spiro atoms. The van der Waals surface area contributed by atoms with Crippen molar-refractivity contribution in [1.82, 2.24) is 0 Å². The molecule has 0 radical (unpaired) electrons. The summed E-state index contributed by atoms with van der Waals surface area (Å²) in [5.74, 6) is 0.683. The van der Waals surface area contributed by atoms with Crippen molar-refractivity contribution in [2.45, 2.75) is 6.92 Å². The molecular weight excluding hydrogens is 252 g/mol. The maximum atomic E-state index is 11.5. The van der Waals surface area contributed by atoms with E-state index < -0.39 is 5.97 Å². The number of methoxy groups -OCH3 is 1. The molecule has 0 atom stereocenters. The molecule has 0 saturated heterocycles. The summed E-state index contributed by atoms with van der Waals surface area (Å²) in [4.78, 5) is 11.5. The van der Waals surface area contributed by atoms with Gasteiger partial charge in [-0.15, -0.1) is 0 Å². The van der Waals surface area contributed by atoms with E-state index in [1.165, 1.54) is 13.2 Å². The molecule has 20 heavy (non-hydrogen) atoms. The number of hydrogen-bond acceptors (Lipinski definition) is 3. The molecule has 0 N–H and O–H groups in total. The molecule has 2 rings (SSSR count). The zero-order valence-corrected chi connectivity index (χ0v) is 11.5. The van der Waals surface area contributed by atoms with Crippen molar-refractivity contribution in [3.63, 3.8) is 0 Å². The van der Waals surface area contributed by atoms with E-state index >= 15 is 0 Å². The Bertz CT molecular complexity index is 598. The fraction of sp³-hybridized carbons (Fsp3) is 0.118. The minimum Gasteiger partial charge on any atom is -0.466 e. The highest BCUT2D eigenvalue weighted by atomic mass is 16.5. The van der Waals surface area contributed by atoms with Crippen molar-refractivity contribution < 1.29 is 14.3 Å². The molecule has 0 saturated carbocycles. The van der Waals surface area contributed by atoms with Crippen LogP contribution in [-0.4, -0.2) is 13.1 Å². The fourth-order valence-electron chi connectivity index (χ4n) is 1.67. The predicted octanol–water partition coefficient (Wildman–Crippen LogP) is 3.59. The van der Waals surface area contributed by atoms with E-state index in [0.717, 1.165) is 11.1 Å². The lowest BCUT2D eigenvalue weighted by Crippen LogP contribution is -2.02. The summed E-state index contributed by atoms with van der Waals surface area (Å²) in [5, 5.41) is 0. The van der Waals surface area contributed by atoms with Crippen LogP contribution in [0.25, 0.3) is 5.76 Å². The topological polar surface area (TPSA) is 35.5 Å². The normalized spacial score (nSPS) is 11.0. The molecule has 102 valence electrons. The molecule has 0 unspecified atom stereocenters. The standard InChI is InChI=1S/C17H16O3/c1-13-8-10-14(11-9-13)16(12-17(18)19-2)20-15-6-4-3-5-7-15/h3-12H,1-2H3/b16-12-. The van der Waals surface area contributed by atoms with Crippen LogP contribution in [0.4, 0.5) is 0 Å². The number of esters is 1. The van der Waals surface area contributed by atoms with Gasteiger partial charge in [-0.3, -0.25) is 0 Å². The first kappa shape index (κ1) is 13.9. The van der Waals surface area contributed by atoms with E-state index in [1.807, 2.05) is 61.5 Å². The third-order valence-electron chi connectivity index (χ3n) is 2.76. The van der Waals surface area contributed by atoms with Gasteiger partial charge in [0.15, 0.2) is 0 Å². The Labute approximate surface area is 118 Å². The number of ether oxygens (including phenoxy) is 2. The average Bonchev–Trinajstić information content (AvgIpc) is 2.48. The highest BCUT2D eigenvalue weighted by Gasteiger charge is 2.08. The zero-order valence-electron chi connectivity index (χ0n) is 11.5. The molecule has 0 amide bonds. The lowest BCUT2D eigenvalue weighted by atomic mass is 10.1. The Hall–Kier alpha value is -2.55. The fourth-order valence-corrected chi connectivity index (χ4v) is 1.67. The average molecular weight is 268 g/mol. The van der Waals surface area contributed by atoms with Crippen LogP contribution < -0.4 is 4.74 Å². The van der Waals surface area contributed by atoms with E-state index in [-0.39, 0.29) is 0 Å². The van der Waals surface area contributed by atoms with Gasteiger partial charge in [0.2, 0.25) is 0 Å². The number of carbonyl (C=O) groups is 1. The van der Waals surface area contributed by atoms with Crippen molar-refractivity contribution in [1.29, 1.82) is 0 Å². The summed E-state index contributed by atoms with van der Waals surface area (Å²) < 4.78 is 10.4. The molecule has 0 fully saturated rings. The van der Waals surface area contributed by atoms with Gasteiger partial charge in [-0.25, -0.2) is 4.79 Å². The Kier molecular flexibility index (Phi) is 4.56. The van der Waals surface area contributed by atoms with E-state index in [0.29, 0.717) is 11.5 Å². The van der Waals surface area contributed by atoms with Gasteiger partial charge in [0.25, 0.3) is 0 Å². The second kappa shape index (κ2) is 6.57. The molecule has 3 nitrogen and oxygen atoms in total. The summed E-state index contributed by atoms with van der Waals surface area (Å²) in [7, 11) is 1.34. The maximum Gasteiger partial charge on any atom is 0.334 e. The minimum absolute atomic E-state index is 0.448. The minimum atomic E-state index is -0.448. The number of hydrogen-bond donors (Lipinski definition) is 0.